The first-order valence-electron chi connectivity index (χ1n) is 7.65. The van der Waals surface area contributed by atoms with Crippen LogP contribution in [0.4, 0.5) is 10.1 Å². The van der Waals surface area contributed by atoms with E-state index < -0.39 is 0 Å². The number of hydrogen-bond donors (Lipinski definition) is 1. The molecule has 0 aliphatic carbocycles. The van der Waals surface area contributed by atoms with E-state index in [1.807, 2.05) is 12.3 Å². The van der Waals surface area contributed by atoms with Gasteiger partial charge in [0, 0.05) is 29.5 Å². The van der Waals surface area contributed by atoms with Crippen LogP contribution in [0.2, 0.25) is 0 Å². The Kier molecular flexibility index (Phi) is 5.62. The summed E-state index contributed by atoms with van der Waals surface area (Å²) in [7, 11) is 0. The van der Waals surface area contributed by atoms with Gasteiger partial charge in [-0.3, -0.25) is 4.98 Å². The maximum Gasteiger partial charge on any atom is 0.123 e. The number of hydrogen-bond acceptors (Lipinski definition) is 2. The summed E-state index contributed by atoms with van der Waals surface area (Å²) in [6, 6.07) is 8.41. The third-order valence-corrected chi connectivity index (χ3v) is 4.24. The number of nitrogens with zero attached hydrogens (tertiary/aromatic N) is 2. The van der Waals surface area contributed by atoms with E-state index in [1.54, 1.807) is 12.1 Å². The van der Waals surface area contributed by atoms with E-state index in [-0.39, 0.29) is 18.2 Å². The fourth-order valence-corrected chi connectivity index (χ4v) is 2.91. The molecule has 0 bridgehead atoms. The van der Waals surface area contributed by atoms with Gasteiger partial charge in [0.05, 0.1) is 17.8 Å². The van der Waals surface area contributed by atoms with Gasteiger partial charge in [0.15, 0.2) is 0 Å². The van der Waals surface area contributed by atoms with E-state index in [4.69, 9.17) is 0 Å². The lowest BCUT2D eigenvalue weighted by molar-refractivity contribution is 0.628. The van der Waals surface area contributed by atoms with E-state index in [9.17, 15) is 4.39 Å². The lowest BCUT2D eigenvalue weighted by atomic mass is 10.1. The van der Waals surface area contributed by atoms with Gasteiger partial charge in [-0.2, -0.15) is 0 Å². The lowest BCUT2D eigenvalue weighted by Gasteiger charge is -2.10. The third-order valence-electron chi connectivity index (χ3n) is 4.24. The summed E-state index contributed by atoms with van der Waals surface area (Å²) in [4.78, 5) is 4.55. The molecule has 2 aromatic heterocycles. The average Bonchev–Trinajstić information content (AvgIpc) is 2.80. The minimum Gasteiger partial charge on any atom is -0.379 e. The van der Waals surface area contributed by atoms with Gasteiger partial charge in [0.25, 0.3) is 0 Å². The second kappa shape index (κ2) is 7.49. The van der Waals surface area contributed by atoms with Crippen LogP contribution >= 0.6 is 12.4 Å². The molecule has 0 unspecified atom stereocenters. The second-order valence-electron chi connectivity index (χ2n) is 5.62. The molecule has 2 heterocycles. The molecule has 0 amide bonds. The largest absolute Gasteiger partial charge is 0.379 e. The molecule has 3 aromatic rings. The minimum atomic E-state index is -0.234. The van der Waals surface area contributed by atoms with Gasteiger partial charge >= 0.3 is 0 Å². The number of halogens is 2. The number of pyridine rings is 1. The molecule has 3 rings (SSSR count). The Bertz CT molecular complexity index is 853. The van der Waals surface area contributed by atoms with E-state index in [1.165, 1.54) is 28.8 Å². The maximum absolute atomic E-state index is 13.0. The summed E-state index contributed by atoms with van der Waals surface area (Å²) in [5.41, 5.74) is 5.49. The predicted molar refractivity (Wildman–Crippen MR) is 100 cm³/mol. The lowest BCUT2D eigenvalue weighted by Crippen LogP contribution is -2.06. The number of aryl methyl sites for hydroxylation is 1. The predicted octanol–water partition coefficient (Wildman–Crippen LogP) is 5.01. The molecule has 0 saturated heterocycles. The average molecular weight is 346 g/mol. The zero-order valence-corrected chi connectivity index (χ0v) is 14.7. The van der Waals surface area contributed by atoms with Gasteiger partial charge in [-0.1, -0.05) is 6.08 Å². The molecule has 0 aliphatic heterocycles. The topological polar surface area (TPSA) is 29.9 Å². The highest BCUT2D eigenvalue weighted by molar-refractivity contribution is 5.87. The van der Waals surface area contributed by atoms with Crippen molar-refractivity contribution in [2.24, 2.45) is 0 Å². The van der Waals surface area contributed by atoms with E-state index in [2.05, 4.69) is 41.4 Å². The smallest absolute Gasteiger partial charge is 0.123 e. The summed E-state index contributed by atoms with van der Waals surface area (Å²) in [5.74, 6) is -0.234. The first-order chi connectivity index (χ1) is 11.1. The summed E-state index contributed by atoms with van der Waals surface area (Å²) < 4.78 is 15.2. The molecule has 0 spiro atoms. The number of benzene rings is 1. The van der Waals surface area contributed by atoms with Crippen molar-refractivity contribution in [3.63, 3.8) is 0 Å². The van der Waals surface area contributed by atoms with Gasteiger partial charge in [-0.25, -0.2) is 4.39 Å². The third kappa shape index (κ3) is 3.29. The second-order valence-corrected chi connectivity index (χ2v) is 5.62. The van der Waals surface area contributed by atoms with Crippen LogP contribution in [0.25, 0.3) is 10.9 Å². The fourth-order valence-electron chi connectivity index (χ4n) is 2.91. The highest BCUT2D eigenvalue weighted by Crippen LogP contribution is 2.27. The molecule has 3 nitrogen and oxygen atoms in total. The van der Waals surface area contributed by atoms with Crippen LogP contribution in [-0.2, 0) is 13.1 Å². The molecular formula is C19H21ClFN3. The highest BCUT2D eigenvalue weighted by atomic mass is 35.5. The highest BCUT2D eigenvalue weighted by Gasteiger charge is 2.14. The molecule has 0 atom stereocenters. The Hall–Kier alpha value is -2.33. The van der Waals surface area contributed by atoms with Gasteiger partial charge in [0.2, 0.25) is 0 Å². The van der Waals surface area contributed by atoms with Crippen LogP contribution in [0.3, 0.4) is 0 Å². The fraction of sp³-hybridized carbons (Fsp3) is 0.211. The molecule has 126 valence electrons. The Balaban J connectivity index is 0.00000208. The Morgan fingerprint density at radius 1 is 1.21 bits per heavy atom. The molecule has 0 fully saturated rings. The Morgan fingerprint density at radius 3 is 2.58 bits per heavy atom. The number of nitrogens with one attached hydrogen (secondary N) is 1. The van der Waals surface area contributed by atoms with Gasteiger partial charge < -0.3 is 9.88 Å². The quantitative estimate of drug-likeness (QED) is 0.658. The number of aromatic nitrogens is 2. The number of rotatable bonds is 5. The van der Waals surface area contributed by atoms with Crippen molar-refractivity contribution >= 4 is 29.0 Å². The Labute approximate surface area is 147 Å². The van der Waals surface area contributed by atoms with Crippen molar-refractivity contribution < 1.29 is 4.39 Å². The Morgan fingerprint density at radius 2 is 1.92 bits per heavy atom. The van der Waals surface area contributed by atoms with Gasteiger partial charge in [0.1, 0.15) is 5.82 Å². The van der Waals surface area contributed by atoms with Crippen molar-refractivity contribution in [3.05, 3.63) is 72.0 Å². The van der Waals surface area contributed by atoms with Crippen LogP contribution in [0.15, 0.2) is 49.2 Å². The van der Waals surface area contributed by atoms with Crippen molar-refractivity contribution in [2.45, 2.75) is 26.9 Å². The summed E-state index contributed by atoms with van der Waals surface area (Å²) in [5, 5.41) is 4.53. The monoisotopic (exact) mass is 345 g/mol. The first-order valence-corrected chi connectivity index (χ1v) is 7.65. The zero-order chi connectivity index (χ0) is 16.4. The van der Waals surface area contributed by atoms with E-state index in [0.29, 0.717) is 6.54 Å². The van der Waals surface area contributed by atoms with Crippen LogP contribution < -0.4 is 5.32 Å². The van der Waals surface area contributed by atoms with Crippen molar-refractivity contribution in [3.8, 4) is 0 Å². The van der Waals surface area contributed by atoms with Crippen molar-refractivity contribution in [2.75, 3.05) is 5.32 Å². The van der Waals surface area contributed by atoms with Gasteiger partial charge in [-0.05, 0) is 49.7 Å². The molecule has 1 aromatic carbocycles. The van der Waals surface area contributed by atoms with Crippen LogP contribution in [0.1, 0.15) is 17.0 Å². The first kappa shape index (κ1) is 18.0. The molecular weight excluding hydrogens is 325 g/mol. The summed E-state index contributed by atoms with van der Waals surface area (Å²) in [6.45, 7) is 9.45. The number of anilines is 1. The van der Waals surface area contributed by atoms with Crippen LogP contribution in [-0.4, -0.2) is 9.55 Å². The van der Waals surface area contributed by atoms with E-state index >= 15 is 0 Å². The maximum atomic E-state index is 13.0. The van der Waals surface area contributed by atoms with Crippen LogP contribution in [0, 0.1) is 19.7 Å². The SMILES string of the molecule is C=CCn1c(C)c(C)c2ccnc(CNc3ccc(F)cc3)c21.Cl. The molecule has 24 heavy (non-hydrogen) atoms. The van der Waals surface area contributed by atoms with Crippen molar-refractivity contribution in [1.29, 1.82) is 0 Å². The standard InChI is InChI=1S/C19H20FN3.ClH/c1-4-11-23-14(3)13(2)17-9-10-21-18(19(17)23)12-22-16-7-5-15(20)6-8-16;/h4-10,22H,1,11-12H2,2-3H3;1H. The summed E-state index contributed by atoms with van der Waals surface area (Å²) in [6.07, 6.45) is 3.74. The molecule has 0 saturated carbocycles. The molecule has 0 radical (unpaired) electrons. The number of allylic oxidation sites excluding steroid dienone is 1. The molecule has 5 heteroatoms. The minimum absolute atomic E-state index is 0. The molecule has 1 N–H and O–H groups in total. The normalized spacial score (nSPS) is 10.5. The van der Waals surface area contributed by atoms with Gasteiger partial charge in [-0.15, -0.1) is 19.0 Å². The zero-order valence-electron chi connectivity index (χ0n) is 13.8. The van der Waals surface area contributed by atoms with E-state index in [0.717, 1.165) is 23.4 Å². The van der Waals surface area contributed by atoms with Crippen LogP contribution in [0.5, 0.6) is 0 Å². The molecule has 0 aliphatic rings. The number of fused-ring (bicyclic) bond motifs is 1. The van der Waals surface area contributed by atoms with Crippen molar-refractivity contribution in [1.82, 2.24) is 9.55 Å². The summed E-state index contributed by atoms with van der Waals surface area (Å²) >= 11 is 0.